The molecule has 0 radical (unpaired) electrons. The van der Waals surface area contributed by atoms with Crippen molar-refractivity contribution in [3.63, 3.8) is 0 Å². The van der Waals surface area contributed by atoms with E-state index < -0.39 is 24.8 Å². The van der Waals surface area contributed by atoms with Crippen molar-refractivity contribution in [1.29, 1.82) is 0 Å². The van der Waals surface area contributed by atoms with E-state index in [-0.39, 0.29) is 52.2 Å². The molecular weight excluding hydrogens is 239 g/mol. The standard InChI is InChI=1S/C10H10O6.Na/c11-7-1-5(3-9(13)14)8(12)2-6(7)4-10(15)16;/h1-2,11-12H,3-4H2,(H,13,14)(H,15,16);/q;+1/p-1. The van der Waals surface area contributed by atoms with E-state index >= 15 is 0 Å². The van der Waals surface area contributed by atoms with Gasteiger partial charge >= 0.3 is 35.5 Å². The molecule has 6 nitrogen and oxygen atoms in total. The third-order valence-corrected chi connectivity index (χ3v) is 1.96. The van der Waals surface area contributed by atoms with Gasteiger partial charge in [0.1, 0.15) is 11.5 Å². The Kier molecular flexibility index (Phi) is 6.01. The molecular formula is C10H9NaO6. The Labute approximate surface area is 119 Å². The first-order chi connectivity index (χ1) is 7.40. The van der Waals surface area contributed by atoms with Crippen molar-refractivity contribution in [2.45, 2.75) is 12.8 Å². The molecule has 0 aliphatic rings. The Balaban J connectivity index is 0.00000256. The molecule has 0 saturated carbocycles. The van der Waals surface area contributed by atoms with E-state index in [1.807, 2.05) is 0 Å². The number of aromatic hydroxyl groups is 2. The maximum absolute atomic E-state index is 10.4. The quantitative estimate of drug-likeness (QED) is 0.369. The van der Waals surface area contributed by atoms with Crippen molar-refractivity contribution in [3.8, 4) is 11.5 Å². The van der Waals surface area contributed by atoms with E-state index in [0.717, 1.165) is 12.1 Å². The minimum atomic E-state index is -1.40. The Hall–Kier alpha value is -1.24. The van der Waals surface area contributed by atoms with Crippen LogP contribution in [0.25, 0.3) is 0 Å². The molecule has 1 aromatic carbocycles. The number of phenols is 2. The monoisotopic (exact) mass is 248 g/mol. The zero-order chi connectivity index (χ0) is 12.3. The second-order valence-electron chi connectivity index (χ2n) is 3.23. The average molecular weight is 248 g/mol. The molecule has 0 saturated heterocycles. The third-order valence-electron chi connectivity index (χ3n) is 1.96. The number of carbonyl (C=O) groups excluding carboxylic acids is 1. The van der Waals surface area contributed by atoms with Gasteiger partial charge in [0.2, 0.25) is 0 Å². The smallest absolute Gasteiger partial charge is 0.550 e. The van der Waals surface area contributed by atoms with E-state index in [9.17, 15) is 24.9 Å². The first-order valence-electron chi connectivity index (χ1n) is 4.35. The third kappa shape index (κ3) is 4.64. The van der Waals surface area contributed by atoms with Crippen LogP contribution in [0, 0.1) is 0 Å². The van der Waals surface area contributed by atoms with E-state index in [4.69, 9.17) is 5.11 Å². The summed E-state index contributed by atoms with van der Waals surface area (Å²) in [6, 6.07) is 2.05. The van der Waals surface area contributed by atoms with Crippen molar-refractivity contribution in [2.24, 2.45) is 0 Å². The van der Waals surface area contributed by atoms with Crippen LogP contribution in [0.5, 0.6) is 11.5 Å². The second kappa shape index (κ2) is 6.48. The summed E-state index contributed by atoms with van der Waals surface area (Å²) in [6.07, 6.45) is -1.00. The number of aliphatic carboxylic acids is 2. The summed E-state index contributed by atoms with van der Waals surface area (Å²) >= 11 is 0. The van der Waals surface area contributed by atoms with E-state index in [1.54, 1.807) is 0 Å². The Morgan fingerprint density at radius 3 is 1.82 bits per heavy atom. The molecule has 0 amide bonds. The maximum Gasteiger partial charge on any atom is 1.00 e. The molecule has 1 rings (SSSR count). The zero-order valence-electron chi connectivity index (χ0n) is 9.14. The van der Waals surface area contributed by atoms with Crippen LogP contribution in [0.15, 0.2) is 12.1 Å². The summed E-state index contributed by atoms with van der Waals surface area (Å²) in [5.41, 5.74) is -0.00117. The molecule has 0 aliphatic carbocycles. The van der Waals surface area contributed by atoms with Gasteiger partial charge < -0.3 is 25.2 Å². The predicted molar refractivity (Wildman–Crippen MR) is 49.8 cm³/mol. The molecule has 0 aromatic heterocycles. The van der Waals surface area contributed by atoms with Gasteiger partial charge in [0.05, 0.1) is 6.42 Å². The van der Waals surface area contributed by atoms with Gasteiger partial charge in [0.15, 0.2) is 0 Å². The van der Waals surface area contributed by atoms with Gasteiger partial charge in [-0.1, -0.05) is 0 Å². The molecule has 86 valence electrons. The summed E-state index contributed by atoms with van der Waals surface area (Å²) < 4.78 is 0. The Morgan fingerprint density at radius 2 is 1.47 bits per heavy atom. The van der Waals surface area contributed by atoms with Crippen LogP contribution < -0.4 is 34.7 Å². The van der Waals surface area contributed by atoms with Gasteiger partial charge in [-0.3, -0.25) is 4.79 Å². The molecule has 0 fully saturated rings. The zero-order valence-corrected chi connectivity index (χ0v) is 11.1. The van der Waals surface area contributed by atoms with Crippen LogP contribution in [0.3, 0.4) is 0 Å². The van der Waals surface area contributed by atoms with E-state index in [1.165, 1.54) is 0 Å². The predicted octanol–water partition coefficient (Wildman–Crippen LogP) is -3.98. The van der Waals surface area contributed by atoms with Crippen molar-refractivity contribution >= 4 is 11.9 Å². The van der Waals surface area contributed by atoms with Crippen LogP contribution in [0.4, 0.5) is 0 Å². The minimum Gasteiger partial charge on any atom is -0.550 e. The van der Waals surface area contributed by atoms with Crippen LogP contribution in [0.1, 0.15) is 11.1 Å². The van der Waals surface area contributed by atoms with Gasteiger partial charge in [0.25, 0.3) is 0 Å². The van der Waals surface area contributed by atoms with Gasteiger partial charge in [-0.2, -0.15) is 0 Å². The first-order valence-corrected chi connectivity index (χ1v) is 4.35. The average Bonchev–Trinajstić information content (AvgIpc) is 2.11. The summed E-state index contributed by atoms with van der Waals surface area (Å²) in [5, 5.41) is 37.6. The van der Waals surface area contributed by atoms with Gasteiger partial charge in [-0.25, -0.2) is 0 Å². The number of carboxylic acids is 2. The Morgan fingerprint density at radius 1 is 1.06 bits per heavy atom. The van der Waals surface area contributed by atoms with Crippen LogP contribution in [0.2, 0.25) is 0 Å². The van der Waals surface area contributed by atoms with Crippen molar-refractivity contribution in [1.82, 2.24) is 0 Å². The summed E-state index contributed by atoms with van der Waals surface area (Å²) in [7, 11) is 0. The molecule has 0 spiro atoms. The summed E-state index contributed by atoms with van der Waals surface area (Å²) in [5.74, 6) is -3.31. The normalized spacial score (nSPS) is 9.41. The number of benzene rings is 1. The fourth-order valence-corrected chi connectivity index (χ4v) is 1.26. The molecule has 7 heteroatoms. The SMILES string of the molecule is O=C([O-])Cc1cc(O)c(CC(=O)O)cc1O.[Na+]. The number of hydrogen-bond donors (Lipinski definition) is 3. The van der Waals surface area contributed by atoms with Crippen molar-refractivity contribution in [3.05, 3.63) is 23.3 Å². The number of phenolic OH excluding ortho intramolecular Hbond substituents is 2. The molecule has 0 unspecified atom stereocenters. The minimum absolute atomic E-state index is 0. The fraction of sp³-hybridized carbons (Fsp3) is 0.200. The molecule has 17 heavy (non-hydrogen) atoms. The second-order valence-corrected chi connectivity index (χ2v) is 3.23. The number of carboxylic acid groups (broad SMARTS) is 2. The Bertz CT molecular complexity index is 401. The van der Waals surface area contributed by atoms with Crippen molar-refractivity contribution < 1.29 is 59.6 Å². The molecule has 1 aromatic rings. The van der Waals surface area contributed by atoms with E-state index in [2.05, 4.69) is 0 Å². The van der Waals surface area contributed by atoms with Gasteiger partial charge in [-0.05, 0) is 12.1 Å². The van der Waals surface area contributed by atoms with Crippen LogP contribution in [-0.2, 0) is 22.4 Å². The maximum atomic E-state index is 10.4. The molecule has 3 N–H and O–H groups in total. The molecule has 0 heterocycles. The fourth-order valence-electron chi connectivity index (χ4n) is 1.26. The van der Waals surface area contributed by atoms with Crippen molar-refractivity contribution in [2.75, 3.05) is 0 Å². The molecule has 0 bridgehead atoms. The van der Waals surface area contributed by atoms with Gasteiger partial charge in [-0.15, -0.1) is 0 Å². The number of hydrogen-bond acceptors (Lipinski definition) is 5. The molecule has 0 aliphatic heterocycles. The largest absolute Gasteiger partial charge is 1.00 e. The molecule has 0 atom stereocenters. The summed E-state index contributed by atoms with van der Waals surface area (Å²) in [6.45, 7) is 0. The number of rotatable bonds is 4. The number of carbonyl (C=O) groups is 2. The van der Waals surface area contributed by atoms with Gasteiger partial charge in [0, 0.05) is 23.5 Å². The van der Waals surface area contributed by atoms with Crippen LogP contribution in [-0.4, -0.2) is 27.3 Å². The van der Waals surface area contributed by atoms with E-state index in [0.29, 0.717) is 0 Å². The first kappa shape index (κ1) is 15.8. The summed E-state index contributed by atoms with van der Waals surface area (Å²) in [4.78, 5) is 20.7. The van der Waals surface area contributed by atoms with Crippen LogP contribution >= 0.6 is 0 Å². The topological polar surface area (TPSA) is 118 Å².